The van der Waals surface area contributed by atoms with Crippen molar-refractivity contribution in [1.82, 2.24) is 10.3 Å². The van der Waals surface area contributed by atoms with Gasteiger partial charge in [0.25, 0.3) is 0 Å². The van der Waals surface area contributed by atoms with E-state index in [0.717, 1.165) is 12.1 Å². The molecule has 1 atom stereocenters. The number of rotatable bonds is 7. The molecule has 0 bridgehead atoms. The average Bonchev–Trinajstić information content (AvgIpc) is 3.14. The van der Waals surface area contributed by atoms with E-state index in [1.54, 1.807) is 19.1 Å². The minimum Gasteiger partial charge on any atom is -0.441 e. The predicted molar refractivity (Wildman–Crippen MR) is 105 cm³/mol. The van der Waals surface area contributed by atoms with E-state index in [1.807, 2.05) is 0 Å². The number of hydrogen-bond acceptors (Lipinski definition) is 5. The van der Waals surface area contributed by atoms with Gasteiger partial charge < -0.3 is 9.73 Å². The monoisotopic (exact) mass is 435 g/mol. The molecule has 30 heavy (non-hydrogen) atoms. The molecule has 158 valence electrons. The molecule has 7 nitrogen and oxygen atoms in total. The lowest BCUT2D eigenvalue weighted by atomic mass is 10.1. The summed E-state index contributed by atoms with van der Waals surface area (Å²) in [4.78, 5) is 16.1. The Balaban J connectivity index is 1.58. The molecule has 0 aliphatic carbocycles. The van der Waals surface area contributed by atoms with Gasteiger partial charge in [-0.05, 0) is 36.8 Å². The number of aromatic nitrogens is 1. The zero-order valence-electron chi connectivity index (χ0n) is 15.9. The molecule has 3 N–H and O–H groups in total. The number of benzene rings is 2. The van der Waals surface area contributed by atoms with Crippen LogP contribution in [0.1, 0.15) is 30.8 Å². The van der Waals surface area contributed by atoms with Crippen molar-refractivity contribution < 1.29 is 26.4 Å². The van der Waals surface area contributed by atoms with Gasteiger partial charge in [0.2, 0.25) is 15.9 Å². The number of carbonyl (C=O) groups excluding carboxylic acids is 1. The summed E-state index contributed by atoms with van der Waals surface area (Å²) in [5, 5.41) is 7.83. The number of nitrogens with two attached hydrogens (primary N) is 1. The van der Waals surface area contributed by atoms with Gasteiger partial charge in [0.1, 0.15) is 11.6 Å². The highest BCUT2D eigenvalue weighted by Crippen LogP contribution is 2.26. The molecule has 0 aliphatic heterocycles. The molecule has 1 heterocycles. The van der Waals surface area contributed by atoms with Crippen LogP contribution in [-0.2, 0) is 21.2 Å². The van der Waals surface area contributed by atoms with E-state index in [0.29, 0.717) is 5.56 Å². The third kappa shape index (κ3) is 5.08. The van der Waals surface area contributed by atoms with Crippen molar-refractivity contribution in [2.24, 2.45) is 5.14 Å². The standard InChI is InChI=1S/C20H19F2N3O4S/c1-12(13-5-7-14(8-6-13)30(23,27)28)25-18(26)9-10-19-24-11-17(29-19)20-15(21)3-2-4-16(20)22/h2-8,11-12H,9-10H2,1H3,(H,25,26)(H2,23,27,28). The number of carbonyl (C=O) groups is 1. The average molecular weight is 435 g/mol. The van der Waals surface area contributed by atoms with E-state index < -0.39 is 21.7 Å². The molecule has 1 aromatic heterocycles. The molecule has 0 fully saturated rings. The summed E-state index contributed by atoms with van der Waals surface area (Å²) in [7, 11) is -3.78. The smallest absolute Gasteiger partial charge is 0.238 e. The van der Waals surface area contributed by atoms with Crippen LogP contribution in [0.2, 0.25) is 0 Å². The Bertz CT molecular complexity index is 1140. The van der Waals surface area contributed by atoms with Crippen LogP contribution in [0.4, 0.5) is 8.78 Å². The quantitative estimate of drug-likeness (QED) is 0.592. The molecule has 1 unspecified atom stereocenters. The Labute approximate surface area is 172 Å². The fourth-order valence-corrected chi connectivity index (χ4v) is 3.35. The van der Waals surface area contributed by atoms with Crippen LogP contribution in [0.25, 0.3) is 11.3 Å². The normalized spacial score (nSPS) is 12.5. The van der Waals surface area contributed by atoms with Crippen molar-refractivity contribution in [1.29, 1.82) is 0 Å². The molecular weight excluding hydrogens is 416 g/mol. The van der Waals surface area contributed by atoms with Crippen LogP contribution in [-0.4, -0.2) is 19.3 Å². The maximum absolute atomic E-state index is 13.8. The van der Waals surface area contributed by atoms with E-state index in [4.69, 9.17) is 9.56 Å². The van der Waals surface area contributed by atoms with Gasteiger partial charge in [-0.3, -0.25) is 4.79 Å². The summed E-state index contributed by atoms with van der Waals surface area (Å²) in [5.41, 5.74) is 0.390. The molecule has 1 amide bonds. The third-order valence-corrected chi connectivity index (χ3v) is 5.34. The van der Waals surface area contributed by atoms with Gasteiger partial charge in [-0.1, -0.05) is 18.2 Å². The second kappa shape index (κ2) is 8.72. The number of nitrogens with zero attached hydrogens (tertiary/aromatic N) is 1. The van der Waals surface area contributed by atoms with E-state index in [1.165, 1.54) is 24.4 Å². The third-order valence-electron chi connectivity index (χ3n) is 4.41. The number of amides is 1. The van der Waals surface area contributed by atoms with Crippen LogP contribution in [0, 0.1) is 11.6 Å². The maximum atomic E-state index is 13.8. The van der Waals surface area contributed by atoms with E-state index in [9.17, 15) is 22.0 Å². The van der Waals surface area contributed by atoms with Gasteiger partial charge in [-0.25, -0.2) is 27.3 Å². The molecule has 2 aromatic carbocycles. The van der Waals surface area contributed by atoms with Crippen molar-refractivity contribution in [3.05, 3.63) is 71.8 Å². The van der Waals surface area contributed by atoms with Gasteiger partial charge in [0.05, 0.1) is 22.7 Å². The second-order valence-corrected chi connectivity index (χ2v) is 8.18. The van der Waals surface area contributed by atoms with Crippen LogP contribution < -0.4 is 10.5 Å². The molecule has 3 aromatic rings. The fraction of sp³-hybridized carbons (Fsp3) is 0.200. The number of sulfonamides is 1. The number of oxazole rings is 1. The lowest BCUT2D eigenvalue weighted by Gasteiger charge is -2.14. The summed E-state index contributed by atoms with van der Waals surface area (Å²) < 4.78 is 55.6. The van der Waals surface area contributed by atoms with Crippen LogP contribution in [0.5, 0.6) is 0 Å². The molecule has 0 saturated heterocycles. The van der Waals surface area contributed by atoms with Crippen molar-refractivity contribution in [3.8, 4) is 11.3 Å². The zero-order valence-corrected chi connectivity index (χ0v) is 16.7. The molecule has 3 rings (SSSR count). The second-order valence-electron chi connectivity index (χ2n) is 6.62. The topological polar surface area (TPSA) is 115 Å². The first kappa shape index (κ1) is 21.6. The molecular formula is C20H19F2N3O4S. The van der Waals surface area contributed by atoms with Gasteiger partial charge in [-0.2, -0.15) is 0 Å². The lowest BCUT2D eigenvalue weighted by molar-refractivity contribution is -0.121. The Morgan fingerprint density at radius 3 is 2.40 bits per heavy atom. The van der Waals surface area contributed by atoms with Gasteiger partial charge in [-0.15, -0.1) is 0 Å². The summed E-state index contributed by atoms with van der Waals surface area (Å²) in [5.74, 6) is -1.71. The first-order chi connectivity index (χ1) is 14.1. The summed E-state index contributed by atoms with van der Waals surface area (Å²) in [6, 6.07) is 8.96. The predicted octanol–water partition coefficient (Wildman–Crippen LogP) is 3.08. The van der Waals surface area contributed by atoms with Gasteiger partial charge in [0, 0.05) is 12.8 Å². The highest BCUT2D eigenvalue weighted by molar-refractivity contribution is 7.89. The van der Waals surface area contributed by atoms with Crippen molar-refractivity contribution >= 4 is 15.9 Å². The number of nitrogens with one attached hydrogen (secondary N) is 1. The Morgan fingerprint density at radius 1 is 1.17 bits per heavy atom. The van der Waals surface area contributed by atoms with E-state index in [-0.39, 0.29) is 46.9 Å². The van der Waals surface area contributed by atoms with Gasteiger partial charge in [0.15, 0.2) is 11.7 Å². The summed E-state index contributed by atoms with van der Waals surface area (Å²) >= 11 is 0. The lowest BCUT2D eigenvalue weighted by Crippen LogP contribution is -2.26. The van der Waals surface area contributed by atoms with Crippen molar-refractivity contribution in [2.75, 3.05) is 0 Å². The van der Waals surface area contributed by atoms with E-state index in [2.05, 4.69) is 10.3 Å². The number of aryl methyl sites for hydroxylation is 1. The number of primary sulfonamides is 1. The molecule has 0 aliphatic rings. The minimum absolute atomic E-state index is 0.0178. The van der Waals surface area contributed by atoms with Crippen LogP contribution >= 0.6 is 0 Å². The fourth-order valence-electron chi connectivity index (χ4n) is 2.84. The van der Waals surface area contributed by atoms with E-state index >= 15 is 0 Å². The molecule has 10 heteroatoms. The number of hydrogen-bond donors (Lipinski definition) is 2. The van der Waals surface area contributed by atoms with Gasteiger partial charge >= 0.3 is 0 Å². The Hall–Kier alpha value is -3.11. The zero-order chi connectivity index (χ0) is 21.9. The van der Waals surface area contributed by atoms with Crippen molar-refractivity contribution in [2.45, 2.75) is 30.7 Å². The Morgan fingerprint density at radius 2 is 1.80 bits per heavy atom. The first-order valence-electron chi connectivity index (χ1n) is 8.96. The summed E-state index contributed by atoms with van der Waals surface area (Å²) in [6.45, 7) is 1.74. The molecule has 0 saturated carbocycles. The highest BCUT2D eigenvalue weighted by atomic mass is 32.2. The highest BCUT2D eigenvalue weighted by Gasteiger charge is 2.17. The first-order valence-corrected chi connectivity index (χ1v) is 10.5. The van der Waals surface area contributed by atoms with Crippen LogP contribution in [0.15, 0.2) is 58.0 Å². The minimum atomic E-state index is -3.78. The van der Waals surface area contributed by atoms with Crippen molar-refractivity contribution in [3.63, 3.8) is 0 Å². The maximum Gasteiger partial charge on any atom is 0.238 e. The SMILES string of the molecule is CC(NC(=O)CCc1ncc(-c2c(F)cccc2F)o1)c1ccc(S(N)(=O)=O)cc1. The summed E-state index contributed by atoms with van der Waals surface area (Å²) in [6.07, 6.45) is 1.39. The largest absolute Gasteiger partial charge is 0.441 e. The molecule has 0 radical (unpaired) electrons. The number of halogens is 2. The Kier molecular flexibility index (Phi) is 6.28. The van der Waals surface area contributed by atoms with Crippen LogP contribution in [0.3, 0.4) is 0 Å². The molecule has 0 spiro atoms.